The van der Waals surface area contributed by atoms with Crippen LogP contribution in [0.5, 0.6) is 0 Å². The highest BCUT2D eigenvalue weighted by atomic mass is 79.9. The van der Waals surface area contributed by atoms with E-state index in [1.807, 2.05) is 0 Å². The van der Waals surface area contributed by atoms with Gasteiger partial charge < -0.3 is 8.83 Å². The number of carbonyl (C=O) groups excluding carboxylic acids is 1. The molecule has 2 aromatic rings. The van der Waals surface area contributed by atoms with Gasteiger partial charge in [0.15, 0.2) is 10.4 Å². The first-order chi connectivity index (χ1) is 7.75. The highest BCUT2D eigenvalue weighted by molar-refractivity contribution is 9.10. The molecule has 0 radical (unpaired) electrons. The molecule has 1 amide bonds. The van der Waals surface area contributed by atoms with E-state index in [4.69, 9.17) is 8.83 Å². The number of carbonyl (C=O) groups is 1. The molecule has 0 aliphatic carbocycles. The van der Waals surface area contributed by atoms with Crippen LogP contribution in [0, 0.1) is 0 Å². The second-order valence-corrected chi connectivity index (χ2v) is 3.60. The molecule has 1 N–H and O–H groups in total. The van der Waals surface area contributed by atoms with Crippen molar-refractivity contribution in [1.82, 2.24) is 5.43 Å². The number of nitrogens with zero attached hydrogens (tertiary/aromatic N) is 1. The highest BCUT2D eigenvalue weighted by Gasteiger charge is 2.05. The van der Waals surface area contributed by atoms with Crippen LogP contribution in [0.15, 0.2) is 49.1 Å². The highest BCUT2D eigenvalue weighted by Crippen LogP contribution is 2.11. The SMILES string of the molecule is O=C(NN=Cc1ccc(Br)o1)c1ccco1. The summed E-state index contributed by atoms with van der Waals surface area (Å²) in [5.41, 5.74) is 2.30. The smallest absolute Gasteiger partial charge is 0.307 e. The molecule has 6 heteroatoms. The molecule has 0 fully saturated rings. The van der Waals surface area contributed by atoms with E-state index >= 15 is 0 Å². The number of furan rings is 2. The van der Waals surface area contributed by atoms with Crippen LogP contribution >= 0.6 is 15.9 Å². The number of amides is 1. The Morgan fingerprint density at radius 1 is 1.44 bits per heavy atom. The van der Waals surface area contributed by atoms with Gasteiger partial charge in [-0.05, 0) is 40.2 Å². The summed E-state index contributed by atoms with van der Waals surface area (Å²) in [4.78, 5) is 11.3. The zero-order valence-electron chi connectivity index (χ0n) is 8.01. The van der Waals surface area contributed by atoms with E-state index in [9.17, 15) is 4.79 Å². The third-order valence-corrected chi connectivity index (χ3v) is 2.12. The Hall–Kier alpha value is -1.82. The zero-order chi connectivity index (χ0) is 11.4. The monoisotopic (exact) mass is 282 g/mol. The molecule has 0 aromatic carbocycles. The Kier molecular flexibility index (Phi) is 3.21. The standard InChI is InChI=1S/C10H7BrN2O3/c11-9-4-3-7(16-9)6-12-13-10(14)8-2-1-5-15-8/h1-6H,(H,13,14). The number of halogens is 1. The van der Waals surface area contributed by atoms with Crippen LogP contribution in [-0.2, 0) is 0 Å². The summed E-state index contributed by atoms with van der Waals surface area (Å²) in [5.74, 6) is 0.330. The maximum Gasteiger partial charge on any atom is 0.307 e. The minimum absolute atomic E-state index is 0.206. The van der Waals surface area contributed by atoms with Crippen LogP contribution in [0.2, 0.25) is 0 Å². The molecule has 0 spiro atoms. The molecule has 2 aromatic heterocycles. The lowest BCUT2D eigenvalue weighted by Gasteiger charge is -1.93. The van der Waals surface area contributed by atoms with Gasteiger partial charge in [0, 0.05) is 0 Å². The fourth-order valence-corrected chi connectivity index (χ4v) is 1.33. The van der Waals surface area contributed by atoms with E-state index in [1.165, 1.54) is 12.5 Å². The predicted molar refractivity (Wildman–Crippen MR) is 60.2 cm³/mol. The Morgan fingerprint density at radius 2 is 2.31 bits per heavy atom. The van der Waals surface area contributed by atoms with Crippen molar-refractivity contribution in [3.05, 3.63) is 46.7 Å². The van der Waals surface area contributed by atoms with Crippen LogP contribution in [-0.4, -0.2) is 12.1 Å². The van der Waals surface area contributed by atoms with Gasteiger partial charge in [0.2, 0.25) is 0 Å². The van der Waals surface area contributed by atoms with Crippen molar-refractivity contribution >= 4 is 28.1 Å². The van der Waals surface area contributed by atoms with Gasteiger partial charge in [0.1, 0.15) is 5.76 Å². The molecule has 0 aliphatic heterocycles. The number of nitrogens with one attached hydrogen (secondary N) is 1. The van der Waals surface area contributed by atoms with Crippen LogP contribution < -0.4 is 5.43 Å². The van der Waals surface area contributed by atoms with E-state index in [2.05, 4.69) is 26.5 Å². The van der Waals surface area contributed by atoms with Gasteiger partial charge in [-0.2, -0.15) is 5.10 Å². The first kappa shape index (κ1) is 10.7. The second-order valence-electron chi connectivity index (χ2n) is 2.82. The third-order valence-electron chi connectivity index (χ3n) is 1.70. The fourth-order valence-electron chi connectivity index (χ4n) is 1.02. The number of rotatable bonds is 3. The number of hydrogen-bond donors (Lipinski definition) is 1. The molecule has 0 bridgehead atoms. The summed E-state index contributed by atoms with van der Waals surface area (Å²) in [5, 5.41) is 3.71. The Morgan fingerprint density at radius 3 is 2.94 bits per heavy atom. The molecular formula is C10H7BrN2O3. The topological polar surface area (TPSA) is 67.7 Å². The van der Waals surface area contributed by atoms with Gasteiger partial charge >= 0.3 is 5.91 Å². The molecule has 82 valence electrons. The molecule has 5 nitrogen and oxygen atoms in total. The zero-order valence-corrected chi connectivity index (χ0v) is 9.60. The average molecular weight is 283 g/mol. The normalized spacial score (nSPS) is 10.8. The quantitative estimate of drug-likeness (QED) is 0.694. The number of hydrazone groups is 1. The maximum absolute atomic E-state index is 11.3. The Labute approximate surface area is 99.3 Å². The Bertz CT molecular complexity index is 502. The fraction of sp³-hybridized carbons (Fsp3) is 0. The lowest BCUT2D eigenvalue weighted by Crippen LogP contribution is -2.16. The largest absolute Gasteiger partial charge is 0.459 e. The first-order valence-electron chi connectivity index (χ1n) is 4.38. The summed E-state index contributed by atoms with van der Waals surface area (Å²) in [6.07, 6.45) is 2.81. The van der Waals surface area contributed by atoms with Crippen LogP contribution in [0.1, 0.15) is 16.3 Å². The molecule has 2 rings (SSSR count). The molecule has 0 aliphatic rings. The predicted octanol–water partition coefficient (Wildman–Crippen LogP) is 2.40. The minimum Gasteiger partial charge on any atom is -0.459 e. The van der Waals surface area contributed by atoms with E-state index in [0.717, 1.165) is 0 Å². The lowest BCUT2D eigenvalue weighted by molar-refractivity contribution is 0.0927. The van der Waals surface area contributed by atoms with Crippen molar-refractivity contribution in [3.63, 3.8) is 0 Å². The van der Waals surface area contributed by atoms with Crippen molar-refractivity contribution in [2.75, 3.05) is 0 Å². The van der Waals surface area contributed by atoms with Gasteiger partial charge in [-0.1, -0.05) is 0 Å². The van der Waals surface area contributed by atoms with Crippen molar-refractivity contribution in [1.29, 1.82) is 0 Å². The maximum atomic E-state index is 11.3. The van der Waals surface area contributed by atoms with Gasteiger partial charge in [-0.3, -0.25) is 4.79 Å². The average Bonchev–Trinajstić information content (AvgIpc) is 2.89. The van der Waals surface area contributed by atoms with E-state index < -0.39 is 5.91 Å². The summed E-state index contributed by atoms with van der Waals surface area (Å²) in [7, 11) is 0. The minimum atomic E-state index is -0.410. The van der Waals surface area contributed by atoms with Gasteiger partial charge in [-0.15, -0.1) is 0 Å². The molecule has 0 unspecified atom stereocenters. The van der Waals surface area contributed by atoms with Crippen LogP contribution in [0.4, 0.5) is 0 Å². The van der Waals surface area contributed by atoms with Crippen LogP contribution in [0.3, 0.4) is 0 Å². The van der Waals surface area contributed by atoms with E-state index in [0.29, 0.717) is 10.4 Å². The summed E-state index contributed by atoms with van der Waals surface area (Å²) in [6, 6.07) is 6.62. The molecule has 0 saturated carbocycles. The summed E-state index contributed by atoms with van der Waals surface area (Å²) < 4.78 is 10.6. The third kappa shape index (κ3) is 2.60. The molecule has 0 saturated heterocycles. The first-order valence-corrected chi connectivity index (χ1v) is 5.17. The van der Waals surface area contributed by atoms with Crippen LogP contribution in [0.25, 0.3) is 0 Å². The molecule has 2 heterocycles. The Balaban J connectivity index is 1.93. The second kappa shape index (κ2) is 4.80. The van der Waals surface area contributed by atoms with E-state index in [1.54, 1.807) is 24.3 Å². The van der Waals surface area contributed by atoms with Crippen molar-refractivity contribution in [3.8, 4) is 0 Å². The van der Waals surface area contributed by atoms with Gasteiger partial charge in [0.25, 0.3) is 0 Å². The van der Waals surface area contributed by atoms with Crippen molar-refractivity contribution in [2.45, 2.75) is 0 Å². The van der Waals surface area contributed by atoms with Gasteiger partial charge in [-0.25, -0.2) is 5.43 Å². The summed E-state index contributed by atoms with van der Waals surface area (Å²) >= 11 is 3.15. The van der Waals surface area contributed by atoms with Crippen molar-refractivity contribution in [2.24, 2.45) is 5.10 Å². The summed E-state index contributed by atoms with van der Waals surface area (Å²) in [6.45, 7) is 0. The lowest BCUT2D eigenvalue weighted by atomic mass is 10.4. The van der Waals surface area contributed by atoms with Crippen molar-refractivity contribution < 1.29 is 13.6 Å². The molecule has 0 atom stereocenters. The molecular weight excluding hydrogens is 276 g/mol. The number of hydrogen-bond acceptors (Lipinski definition) is 4. The molecule has 16 heavy (non-hydrogen) atoms. The van der Waals surface area contributed by atoms with E-state index in [-0.39, 0.29) is 5.76 Å². The van der Waals surface area contributed by atoms with Gasteiger partial charge in [0.05, 0.1) is 12.5 Å².